The van der Waals surface area contributed by atoms with E-state index in [9.17, 15) is 23.3 Å². The Kier molecular flexibility index (Phi) is 5.86. The summed E-state index contributed by atoms with van der Waals surface area (Å²) in [6.45, 7) is 1.59. The smallest absolute Gasteiger partial charge is 0.269 e. The number of sulfonamides is 1. The molecule has 2 rings (SSSR count). The number of non-ortho nitro benzene ring substituents is 1. The molecule has 9 nitrogen and oxygen atoms in total. The topological polar surface area (TPSA) is 122 Å². The molecule has 0 aliphatic carbocycles. The zero-order chi connectivity index (χ0) is 17.7. The number of likely N-dealkylation sites (N-methyl/N-ethyl adjacent to an activating group) is 1. The van der Waals surface area contributed by atoms with Gasteiger partial charge in [-0.2, -0.15) is 0 Å². The van der Waals surface area contributed by atoms with Crippen LogP contribution in [0.15, 0.2) is 29.2 Å². The average molecular weight is 356 g/mol. The molecule has 1 fully saturated rings. The number of amides is 1. The van der Waals surface area contributed by atoms with Gasteiger partial charge in [0.1, 0.15) is 0 Å². The van der Waals surface area contributed by atoms with E-state index in [-0.39, 0.29) is 35.5 Å². The van der Waals surface area contributed by atoms with E-state index in [4.69, 9.17) is 0 Å². The molecule has 1 unspecified atom stereocenters. The van der Waals surface area contributed by atoms with Gasteiger partial charge in [-0.15, -0.1) is 0 Å². The summed E-state index contributed by atoms with van der Waals surface area (Å²) in [4.78, 5) is 23.6. The summed E-state index contributed by atoms with van der Waals surface area (Å²) in [6, 6.07) is 4.72. The van der Waals surface area contributed by atoms with Gasteiger partial charge in [-0.1, -0.05) is 0 Å². The lowest BCUT2D eigenvalue weighted by molar-refractivity contribution is -0.384. The Morgan fingerprint density at radius 1 is 1.42 bits per heavy atom. The SMILES string of the molecule is CN(C(=O)CCNS(=O)(=O)c1ccc([N+](=O)[O-])cc1)C1CCNC1. The van der Waals surface area contributed by atoms with Crippen LogP contribution in [0, 0.1) is 10.1 Å². The zero-order valence-corrected chi connectivity index (χ0v) is 14.1. The van der Waals surface area contributed by atoms with E-state index in [1.54, 1.807) is 11.9 Å². The summed E-state index contributed by atoms with van der Waals surface area (Å²) in [7, 11) is -2.09. The van der Waals surface area contributed by atoms with Crippen LogP contribution in [0.5, 0.6) is 0 Å². The highest BCUT2D eigenvalue weighted by Gasteiger charge is 2.23. The zero-order valence-electron chi connectivity index (χ0n) is 13.3. The Bertz CT molecular complexity index is 698. The summed E-state index contributed by atoms with van der Waals surface area (Å²) in [5.74, 6) is -0.130. The Labute approximate surface area is 140 Å². The van der Waals surface area contributed by atoms with E-state index >= 15 is 0 Å². The number of hydrogen-bond acceptors (Lipinski definition) is 6. The molecule has 10 heteroatoms. The third-order valence-electron chi connectivity index (χ3n) is 3.96. The number of hydrogen-bond donors (Lipinski definition) is 2. The first-order valence-electron chi connectivity index (χ1n) is 7.52. The Hall–Kier alpha value is -2.04. The third-order valence-corrected chi connectivity index (χ3v) is 5.44. The second kappa shape index (κ2) is 7.69. The van der Waals surface area contributed by atoms with Crippen LogP contribution >= 0.6 is 0 Å². The number of nitro groups is 1. The van der Waals surface area contributed by atoms with Gasteiger partial charge in [0.25, 0.3) is 5.69 Å². The fourth-order valence-corrected chi connectivity index (χ4v) is 3.50. The van der Waals surface area contributed by atoms with Crippen LogP contribution in [0.25, 0.3) is 0 Å². The maximum atomic E-state index is 12.1. The normalized spacial score (nSPS) is 17.6. The molecule has 1 atom stereocenters. The quantitative estimate of drug-likeness (QED) is 0.527. The summed E-state index contributed by atoms with van der Waals surface area (Å²) in [6.07, 6.45) is 0.940. The lowest BCUT2D eigenvalue weighted by Gasteiger charge is -2.23. The highest BCUT2D eigenvalue weighted by molar-refractivity contribution is 7.89. The number of carbonyl (C=O) groups is 1. The number of nitro benzene ring substituents is 1. The fraction of sp³-hybridized carbons (Fsp3) is 0.500. The molecule has 24 heavy (non-hydrogen) atoms. The first-order valence-corrected chi connectivity index (χ1v) is 9.00. The van der Waals surface area contributed by atoms with Crippen LogP contribution < -0.4 is 10.0 Å². The minimum atomic E-state index is -3.80. The van der Waals surface area contributed by atoms with Crippen LogP contribution in [0.4, 0.5) is 5.69 Å². The predicted octanol–water partition coefficient (Wildman–Crippen LogP) is 0.0835. The minimum Gasteiger partial charge on any atom is -0.341 e. The molecule has 0 saturated carbocycles. The first kappa shape index (κ1) is 18.3. The van der Waals surface area contributed by atoms with Gasteiger partial charge in [0.2, 0.25) is 15.9 Å². The molecule has 0 aromatic heterocycles. The lowest BCUT2D eigenvalue weighted by atomic mass is 10.2. The molecule has 1 amide bonds. The molecule has 2 N–H and O–H groups in total. The van der Waals surface area contributed by atoms with Gasteiger partial charge in [-0.25, -0.2) is 13.1 Å². The van der Waals surface area contributed by atoms with Crippen LogP contribution in [0.2, 0.25) is 0 Å². The van der Waals surface area contributed by atoms with Crippen molar-refractivity contribution in [2.45, 2.75) is 23.8 Å². The Morgan fingerprint density at radius 2 is 2.08 bits per heavy atom. The van der Waals surface area contributed by atoms with Gasteiger partial charge in [0.15, 0.2) is 0 Å². The van der Waals surface area contributed by atoms with Crippen molar-refractivity contribution < 1.29 is 18.1 Å². The van der Waals surface area contributed by atoms with E-state index in [0.717, 1.165) is 31.6 Å². The van der Waals surface area contributed by atoms with E-state index in [2.05, 4.69) is 10.0 Å². The molecule has 0 radical (unpaired) electrons. The molecule has 1 aromatic carbocycles. The van der Waals surface area contributed by atoms with Gasteiger partial charge < -0.3 is 10.2 Å². The van der Waals surface area contributed by atoms with Crippen molar-refractivity contribution in [1.29, 1.82) is 0 Å². The number of nitrogens with one attached hydrogen (secondary N) is 2. The molecule has 132 valence electrons. The monoisotopic (exact) mass is 356 g/mol. The summed E-state index contributed by atoms with van der Waals surface area (Å²) >= 11 is 0. The van der Waals surface area contributed by atoms with Crippen LogP contribution in [-0.4, -0.2) is 56.9 Å². The molecule has 1 aliphatic heterocycles. The maximum Gasteiger partial charge on any atom is 0.269 e. The van der Waals surface area contributed by atoms with Crippen molar-refractivity contribution in [3.63, 3.8) is 0 Å². The van der Waals surface area contributed by atoms with Crippen LogP contribution in [0.3, 0.4) is 0 Å². The molecule has 1 heterocycles. The van der Waals surface area contributed by atoms with Gasteiger partial charge in [0, 0.05) is 44.7 Å². The van der Waals surface area contributed by atoms with E-state index in [1.165, 1.54) is 12.1 Å². The number of nitrogens with zero attached hydrogens (tertiary/aromatic N) is 2. The van der Waals surface area contributed by atoms with Crippen LogP contribution in [0.1, 0.15) is 12.8 Å². The van der Waals surface area contributed by atoms with Crippen molar-refractivity contribution in [3.8, 4) is 0 Å². The molecule has 1 aromatic rings. The standard InChI is InChI=1S/C14H20N4O5S/c1-17(12-6-8-15-10-12)14(19)7-9-16-24(22,23)13-4-2-11(3-5-13)18(20)21/h2-5,12,15-16H,6-10H2,1H3. The summed E-state index contributed by atoms with van der Waals surface area (Å²) in [5, 5.41) is 13.7. The third kappa shape index (κ3) is 4.49. The molecular formula is C14H20N4O5S. The Morgan fingerprint density at radius 3 is 2.62 bits per heavy atom. The van der Waals surface area contributed by atoms with Crippen molar-refractivity contribution in [2.24, 2.45) is 0 Å². The van der Waals surface area contributed by atoms with Gasteiger partial charge in [-0.05, 0) is 25.1 Å². The largest absolute Gasteiger partial charge is 0.341 e. The fourth-order valence-electron chi connectivity index (χ4n) is 2.47. The van der Waals surface area contributed by atoms with Gasteiger partial charge in [-0.3, -0.25) is 14.9 Å². The second-order valence-electron chi connectivity index (χ2n) is 5.55. The maximum absolute atomic E-state index is 12.1. The summed E-state index contributed by atoms with van der Waals surface area (Å²) < 4.78 is 26.5. The Balaban J connectivity index is 1.88. The number of carbonyl (C=O) groups excluding carboxylic acids is 1. The van der Waals surface area contributed by atoms with Gasteiger partial charge in [0.05, 0.1) is 9.82 Å². The van der Waals surface area contributed by atoms with Crippen molar-refractivity contribution in [2.75, 3.05) is 26.7 Å². The molecule has 0 spiro atoms. The molecular weight excluding hydrogens is 336 g/mol. The minimum absolute atomic E-state index is 0.0252. The molecule has 1 aliphatic rings. The summed E-state index contributed by atoms with van der Waals surface area (Å²) in [5.41, 5.74) is -0.184. The van der Waals surface area contributed by atoms with Crippen molar-refractivity contribution >= 4 is 21.6 Å². The number of benzene rings is 1. The highest BCUT2D eigenvalue weighted by Crippen LogP contribution is 2.15. The van der Waals surface area contributed by atoms with E-state index in [1.807, 2.05) is 0 Å². The lowest BCUT2D eigenvalue weighted by Crippen LogP contribution is -2.40. The van der Waals surface area contributed by atoms with E-state index < -0.39 is 14.9 Å². The number of rotatable bonds is 7. The van der Waals surface area contributed by atoms with Crippen LogP contribution in [-0.2, 0) is 14.8 Å². The second-order valence-corrected chi connectivity index (χ2v) is 7.32. The molecule has 1 saturated heterocycles. The van der Waals surface area contributed by atoms with Crippen molar-refractivity contribution in [1.82, 2.24) is 14.9 Å². The first-order chi connectivity index (χ1) is 11.3. The highest BCUT2D eigenvalue weighted by atomic mass is 32.2. The predicted molar refractivity (Wildman–Crippen MR) is 86.9 cm³/mol. The molecule has 0 bridgehead atoms. The average Bonchev–Trinajstić information content (AvgIpc) is 3.08. The van der Waals surface area contributed by atoms with Gasteiger partial charge >= 0.3 is 0 Å². The van der Waals surface area contributed by atoms with Crippen molar-refractivity contribution in [3.05, 3.63) is 34.4 Å². The van der Waals surface area contributed by atoms with E-state index in [0.29, 0.717) is 0 Å².